The van der Waals surface area contributed by atoms with E-state index in [1.165, 1.54) is 30.6 Å². The molecule has 1 aliphatic carbocycles. The fourth-order valence-electron chi connectivity index (χ4n) is 3.36. The monoisotopic (exact) mass is 273 g/mol. The van der Waals surface area contributed by atoms with E-state index < -0.39 is 0 Å². The molecule has 2 heterocycles. The molecule has 3 nitrogen and oxygen atoms in total. The smallest absolute Gasteiger partial charge is 0.133 e. The molecule has 20 heavy (non-hydrogen) atoms. The quantitative estimate of drug-likeness (QED) is 0.913. The third-order valence-electron chi connectivity index (χ3n) is 4.90. The lowest BCUT2D eigenvalue weighted by molar-refractivity contribution is 0.295. The van der Waals surface area contributed by atoms with Gasteiger partial charge in [-0.1, -0.05) is 19.9 Å². The van der Waals surface area contributed by atoms with Gasteiger partial charge < -0.3 is 10.2 Å². The Morgan fingerprint density at radius 1 is 1.30 bits per heavy atom. The van der Waals surface area contributed by atoms with Crippen molar-refractivity contribution in [2.75, 3.05) is 11.4 Å². The second kappa shape index (κ2) is 5.72. The zero-order valence-corrected chi connectivity index (χ0v) is 13.0. The number of aromatic nitrogens is 1. The average Bonchev–Trinajstić information content (AvgIpc) is 3.25. The van der Waals surface area contributed by atoms with Gasteiger partial charge in [0.1, 0.15) is 5.82 Å². The third kappa shape index (κ3) is 2.98. The molecule has 110 valence electrons. The molecule has 0 spiro atoms. The van der Waals surface area contributed by atoms with Crippen molar-refractivity contribution in [3.63, 3.8) is 0 Å². The molecule has 0 amide bonds. The minimum absolute atomic E-state index is 0.584. The Labute approximate surface area is 122 Å². The van der Waals surface area contributed by atoms with E-state index in [1.807, 2.05) is 6.20 Å². The Balaban J connectivity index is 1.80. The van der Waals surface area contributed by atoms with Crippen LogP contribution < -0.4 is 10.2 Å². The summed E-state index contributed by atoms with van der Waals surface area (Å²) < 4.78 is 0. The van der Waals surface area contributed by atoms with Crippen LogP contribution in [-0.4, -0.2) is 23.6 Å². The fraction of sp³-hybridized carbons (Fsp3) is 0.706. The number of nitrogens with zero attached hydrogens (tertiary/aromatic N) is 2. The van der Waals surface area contributed by atoms with Crippen LogP contribution in [0.2, 0.25) is 0 Å². The Morgan fingerprint density at radius 3 is 2.85 bits per heavy atom. The van der Waals surface area contributed by atoms with Crippen LogP contribution in [0.4, 0.5) is 5.82 Å². The molecule has 0 bridgehead atoms. The lowest BCUT2D eigenvalue weighted by atomic mass is 9.86. The summed E-state index contributed by atoms with van der Waals surface area (Å²) in [6.45, 7) is 9.18. The fourth-order valence-corrected chi connectivity index (χ4v) is 3.36. The van der Waals surface area contributed by atoms with Gasteiger partial charge in [0.2, 0.25) is 0 Å². The van der Waals surface area contributed by atoms with Crippen molar-refractivity contribution in [1.29, 1.82) is 0 Å². The maximum absolute atomic E-state index is 4.71. The second-order valence-electron chi connectivity index (χ2n) is 6.85. The minimum atomic E-state index is 0.584. The van der Waals surface area contributed by atoms with Crippen LogP contribution in [0.5, 0.6) is 0 Å². The van der Waals surface area contributed by atoms with E-state index >= 15 is 0 Å². The zero-order valence-electron chi connectivity index (χ0n) is 13.0. The molecule has 1 aromatic rings. The van der Waals surface area contributed by atoms with E-state index in [0.29, 0.717) is 6.04 Å². The van der Waals surface area contributed by atoms with Crippen LogP contribution >= 0.6 is 0 Å². The topological polar surface area (TPSA) is 28.2 Å². The highest BCUT2D eigenvalue weighted by Crippen LogP contribution is 2.32. The Bertz CT molecular complexity index is 455. The van der Waals surface area contributed by atoms with E-state index in [1.54, 1.807) is 0 Å². The van der Waals surface area contributed by atoms with Crippen molar-refractivity contribution >= 4 is 5.82 Å². The summed E-state index contributed by atoms with van der Waals surface area (Å²) in [6, 6.07) is 5.63. The number of hydrogen-bond donors (Lipinski definition) is 1. The first-order valence-corrected chi connectivity index (χ1v) is 8.09. The van der Waals surface area contributed by atoms with Gasteiger partial charge in [0.05, 0.1) is 0 Å². The lowest BCUT2D eigenvalue weighted by Gasteiger charge is -2.42. The van der Waals surface area contributed by atoms with Crippen molar-refractivity contribution in [3.8, 4) is 0 Å². The molecular weight excluding hydrogens is 246 g/mol. The summed E-state index contributed by atoms with van der Waals surface area (Å²) >= 11 is 0. The SMILES string of the molecule is CC1CC(C)C(C)N(c2ncccc2CNC2CC2)C1. The van der Waals surface area contributed by atoms with Crippen molar-refractivity contribution in [1.82, 2.24) is 10.3 Å². The molecule has 1 N–H and O–H groups in total. The van der Waals surface area contributed by atoms with Crippen molar-refractivity contribution in [3.05, 3.63) is 23.9 Å². The third-order valence-corrected chi connectivity index (χ3v) is 4.90. The molecule has 3 atom stereocenters. The molecule has 2 aliphatic rings. The van der Waals surface area contributed by atoms with Crippen molar-refractivity contribution in [2.45, 2.75) is 58.7 Å². The molecule has 3 rings (SSSR count). The number of pyridine rings is 1. The van der Waals surface area contributed by atoms with Crippen LogP contribution in [0.15, 0.2) is 18.3 Å². The molecule has 3 unspecified atom stereocenters. The molecule has 0 aromatic carbocycles. The van der Waals surface area contributed by atoms with Gasteiger partial charge in [-0.05, 0) is 44.1 Å². The number of nitrogens with one attached hydrogen (secondary N) is 1. The summed E-state index contributed by atoms with van der Waals surface area (Å²) in [7, 11) is 0. The van der Waals surface area contributed by atoms with Gasteiger partial charge in [-0.15, -0.1) is 0 Å². The molecule has 1 aromatic heterocycles. The molecule has 2 fully saturated rings. The van der Waals surface area contributed by atoms with Crippen LogP contribution in [0.3, 0.4) is 0 Å². The number of anilines is 1. The van der Waals surface area contributed by atoms with E-state index in [-0.39, 0.29) is 0 Å². The molecule has 3 heteroatoms. The first kappa shape index (κ1) is 13.9. The van der Waals surface area contributed by atoms with Gasteiger partial charge >= 0.3 is 0 Å². The molecule has 1 saturated heterocycles. The van der Waals surface area contributed by atoms with E-state index in [0.717, 1.165) is 31.0 Å². The average molecular weight is 273 g/mol. The van der Waals surface area contributed by atoms with Gasteiger partial charge in [-0.2, -0.15) is 0 Å². The zero-order chi connectivity index (χ0) is 14.1. The number of rotatable bonds is 4. The second-order valence-corrected chi connectivity index (χ2v) is 6.85. The Morgan fingerprint density at radius 2 is 2.10 bits per heavy atom. The van der Waals surface area contributed by atoms with Gasteiger partial charge in [-0.25, -0.2) is 4.98 Å². The normalized spacial score (nSPS) is 30.6. The minimum Gasteiger partial charge on any atom is -0.353 e. The highest BCUT2D eigenvalue weighted by Gasteiger charge is 2.31. The highest BCUT2D eigenvalue weighted by atomic mass is 15.2. The standard InChI is InChI=1S/C17H27N3/c1-12-9-13(2)14(3)20(11-12)17-15(5-4-8-18-17)10-19-16-6-7-16/h4-5,8,12-14,16,19H,6-7,9-11H2,1-3H3. The van der Waals surface area contributed by atoms with Crippen molar-refractivity contribution < 1.29 is 0 Å². The first-order chi connectivity index (χ1) is 9.65. The van der Waals surface area contributed by atoms with E-state index in [9.17, 15) is 0 Å². The predicted molar refractivity (Wildman–Crippen MR) is 83.9 cm³/mol. The van der Waals surface area contributed by atoms with Crippen molar-refractivity contribution in [2.24, 2.45) is 11.8 Å². The molecule has 1 saturated carbocycles. The van der Waals surface area contributed by atoms with Gasteiger partial charge in [-0.3, -0.25) is 0 Å². The number of piperidine rings is 1. The van der Waals surface area contributed by atoms with Crippen LogP contribution in [0.25, 0.3) is 0 Å². The first-order valence-electron chi connectivity index (χ1n) is 8.09. The van der Waals surface area contributed by atoms with Gasteiger partial charge in [0, 0.05) is 36.9 Å². The van der Waals surface area contributed by atoms with E-state index in [4.69, 9.17) is 4.98 Å². The van der Waals surface area contributed by atoms with Crippen LogP contribution in [0.1, 0.15) is 45.6 Å². The largest absolute Gasteiger partial charge is 0.353 e. The number of hydrogen-bond acceptors (Lipinski definition) is 3. The molecular formula is C17H27N3. The predicted octanol–water partition coefficient (Wildman–Crippen LogP) is 3.20. The van der Waals surface area contributed by atoms with Crippen LogP contribution in [-0.2, 0) is 6.54 Å². The van der Waals surface area contributed by atoms with Gasteiger partial charge in [0.15, 0.2) is 0 Å². The summed E-state index contributed by atoms with van der Waals surface area (Å²) in [6.07, 6.45) is 5.94. The Hall–Kier alpha value is -1.09. The molecule has 0 radical (unpaired) electrons. The van der Waals surface area contributed by atoms with Gasteiger partial charge in [0.25, 0.3) is 0 Å². The maximum Gasteiger partial charge on any atom is 0.133 e. The lowest BCUT2D eigenvalue weighted by Crippen LogP contribution is -2.46. The summed E-state index contributed by atoms with van der Waals surface area (Å²) in [5, 5.41) is 3.62. The molecule has 1 aliphatic heterocycles. The van der Waals surface area contributed by atoms with Crippen LogP contribution in [0, 0.1) is 11.8 Å². The van der Waals surface area contributed by atoms with E-state index in [2.05, 4.69) is 43.1 Å². The summed E-state index contributed by atoms with van der Waals surface area (Å²) in [4.78, 5) is 7.24. The summed E-state index contributed by atoms with van der Waals surface area (Å²) in [5.41, 5.74) is 1.35. The highest BCUT2D eigenvalue weighted by molar-refractivity contribution is 5.48. The maximum atomic E-state index is 4.71. The Kier molecular flexibility index (Phi) is 3.97. The summed E-state index contributed by atoms with van der Waals surface area (Å²) in [5.74, 6) is 2.70.